The van der Waals surface area contributed by atoms with Crippen molar-refractivity contribution in [2.45, 2.75) is 44.7 Å². The lowest BCUT2D eigenvalue weighted by Crippen LogP contribution is -2.43. The number of carbonyl (C=O) groups is 1. The first-order chi connectivity index (χ1) is 16.6. The average molecular weight is 580 g/mol. The van der Waals surface area contributed by atoms with Gasteiger partial charge in [-0.3, -0.25) is 10.1 Å². The fourth-order valence-corrected chi connectivity index (χ4v) is 3.80. The summed E-state index contributed by atoms with van der Waals surface area (Å²) >= 11 is 17.3. The van der Waals surface area contributed by atoms with Gasteiger partial charge < -0.3 is 5.32 Å². The van der Waals surface area contributed by atoms with Crippen LogP contribution in [0.1, 0.15) is 53.2 Å². The molecule has 0 aliphatic carbocycles. The Morgan fingerprint density at radius 1 is 1.03 bits per heavy atom. The van der Waals surface area contributed by atoms with Crippen LogP contribution in [0.15, 0.2) is 36.4 Å². The maximum absolute atomic E-state index is 14.9. The maximum Gasteiger partial charge on any atom is 0.417 e. The Balaban J connectivity index is 2.51. The zero-order chi connectivity index (χ0) is 27.4. The van der Waals surface area contributed by atoms with Crippen LogP contribution in [-0.2, 0) is 6.18 Å². The Bertz CT molecular complexity index is 1110. The Labute approximate surface area is 217 Å². The molecule has 2 aromatic rings. The summed E-state index contributed by atoms with van der Waals surface area (Å²) in [6.07, 6.45) is -10.0. The Morgan fingerprint density at radius 2 is 1.61 bits per heavy atom. The summed E-state index contributed by atoms with van der Waals surface area (Å²) < 4.78 is 97.1. The van der Waals surface area contributed by atoms with Gasteiger partial charge in [0.25, 0.3) is 5.91 Å². The van der Waals surface area contributed by atoms with E-state index in [0.29, 0.717) is 19.0 Å². The van der Waals surface area contributed by atoms with E-state index in [4.69, 9.17) is 34.8 Å². The number of benzene rings is 2. The van der Waals surface area contributed by atoms with Crippen molar-refractivity contribution in [2.24, 2.45) is 0 Å². The molecule has 2 atom stereocenters. The van der Waals surface area contributed by atoms with E-state index in [1.807, 2.05) is 6.92 Å². The van der Waals surface area contributed by atoms with E-state index in [-0.39, 0.29) is 27.2 Å². The number of nitrogens with one attached hydrogen (secondary N) is 2. The predicted molar refractivity (Wildman–Crippen MR) is 126 cm³/mol. The lowest BCUT2D eigenvalue weighted by Gasteiger charge is -2.20. The summed E-state index contributed by atoms with van der Waals surface area (Å²) in [5.74, 6) is -5.30. The van der Waals surface area contributed by atoms with Gasteiger partial charge in [-0.1, -0.05) is 47.8 Å². The quantitative estimate of drug-likeness (QED) is 0.187. The standard InChI is InChI=1S/C23H20Cl3F7N2O/c1-3-6-34-11(2)35-21(36)14-5-4-12(7-16(14)23(31,32)33)19(27)10-15(22(28,29)30)13-8-17(24)20(26)18(25)9-13/h4-5,7-11,15,34H,3,6H2,1-2H3,(H,35,36)/b19-10-/t11-,15?/m1/s1. The molecule has 13 heteroatoms. The summed E-state index contributed by atoms with van der Waals surface area (Å²) in [5, 5.41) is 4.35. The monoisotopic (exact) mass is 578 g/mol. The van der Waals surface area contributed by atoms with E-state index in [1.165, 1.54) is 6.92 Å². The number of allylic oxidation sites excluding steroid dienone is 1. The van der Waals surface area contributed by atoms with Gasteiger partial charge in [0, 0.05) is 5.56 Å². The Hall–Kier alpha value is -2.01. The highest BCUT2D eigenvalue weighted by Crippen LogP contribution is 2.42. The minimum atomic E-state index is -5.09. The van der Waals surface area contributed by atoms with Crippen LogP contribution in [0.4, 0.5) is 30.7 Å². The summed E-state index contributed by atoms with van der Waals surface area (Å²) in [5.41, 5.74) is -3.70. The summed E-state index contributed by atoms with van der Waals surface area (Å²) in [6, 6.07) is 3.43. The van der Waals surface area contributed by atoms with E-state index in [2.05, 4.69) is 10.6 Å². The van der Waals surface area contributed by atoms with Gasteiger partial charge in [-0.25, -0.2) is 4.39 Å². The second kappa shape index (κ2) is 12.0. The van der Waals surface area contributed by atoms with Crippen molar-refractivity contribution >= 4 is 46.5 Å². The SMILES string of the molecule is CCCN[C@@H](C)NC(=O)c1ccc(/C(F)=C/C(c2cc(Cl)c(Cl)c(Cl)c2)C(F)(F)F)cc1C(F)(F)F. The molecule has 0 radical (unpaired) electrons. The predicted octanol–water partition coefficient (Wildman–Crippen LogP) is 8.40. The number of rotatable bonds is 8. The Kier molecular flexibility index (Phi) is 10.1. The van der Waals surface area contributed by atoms with E-state index in [1.54, 1.807) is 0 Å². The largest absolute Gasteiger partial charge is 0.417 e. The van der Waals surface area contributed by atoms with Gasteiger partial charge >= 0.3 is 12.4 Å². The molecule has 36 heavy (non-hydrogen) atoms. The van der Waals surface area contributed by atoms with E-state index >= 15 is 0 Å². The fraction of sp³-hybridized carbons (Fsp3) is 0.348. The lowest BCUT2D eigenvalue weighted by molar-refractivity contribution is -0.140. The molecule has 2 N–H and O–H groups in total. The first-order valence-electron chi connectivity index (χ1n) is 10.4. The molecular weight excluding hydrogens is 560 g/mol. The molecule has 1 amide bonds. The van der Waals surface area contributed by atoms with Gasteiger partial charge in [0.2, 0.25) is 0 Å². The molecule has 0 heterocycles. The van der Waals surface area contributed by atoms with E-state index < -0.39 is 58.4 Å². The molecule has 2 rings (SSSR count). The topological polar surface area (TPSA) is 41.1 Å². The van der Waals surface area contributed by atoms with Crippen molar-refractivity contribution in [3.8, 4) is 0 Å². The summed E-state index contributed by atoms with van der Waals surface area (Å²) in [6.45, 7) is 3.86. The number of hydrogen-bond acceptors (Lipinski definition) is 2. The summed E-state index contributed by atoms with van der Waals surface area (Å²) in [4.78, 5) is 12.4. The molecule has 0 aliphatic rings. The lowest BCUT2D eigenvalue weighted by atomic mass is 9.95. The zero-order valence-corrected chi connectivity index (χ0v) is 21.0. The third-order valence-corrected chi connectivity index (χ3v) is 6.12. The van der Waals surface area contributed by atoms with Crippen LogP contribution in [-0.4, -0.2) is 24.8 Å². The highest BCUT2D eigenvalue weighted by molar-refractivity contribution is 6.48. The van der Waals surface area contributed by atoms with Gasteiger partial charge in [-0.2, -0.15) is 26.3 Å². The number of carbonyl (C=O) groups excluding carboxylic acids is 1. The molecule has 0 aromatic heterocycles. The minimum Gasteiger partial charge on any atom is -0.337 e. The van der Waals surface area contributed by atoms with Crippen LogP contribution >= 0.6 is 34.8 Å². The molecule has 3 nitrogen and oxygen atoms in total. The number of alkyl halides is 6. The summed E-state index contributed by atoms with van der Waals surface area (Å²) in [7, 11) is 0. The number of amides is 1. The van der Waals surface area contributed by atoms with Crippen molar-refractivity contribution in [1.82, 2.24) is 10.6 Å². The molecule has 0 saturated heterocycles. The molecule has 0 aliphatic heterocycles. The molecule has 0 bridgehead atoms. The fourth-order valence-electron chi connectivity index (χ4n) is 3.19. The molecule has 198 valence electrons. The maximum atomic E-state index is 14.9. The molecule has 2 aromatic carbocycles. The number of halogens is 10. The first-order valence-corrected chi connectivity index (χ1v) is 11.5. The first kappa shape index (κ1) is 30.2. The highest BCUT2D eigenvalue weighted by atomic mass is 35.5. The minimum absolute atomic E-state index is 0.0991. The molecule has 0 spiro atoms. The van der Waals surface area contributed by atoms with Crippen molar-refractivity contribution in [1.29, 1.82) is 0 Å². The average Bonchev–Trinajstić information content (AvgIpc) is 2.77. The smallest absolute Gasteiger partial charge is 0.337 e. The van der Waals surface area contributed by atoms with Crippen LogP contribution in [0.5, 0.6) is 0 Å². The van der Waals surface area contributed by atoms with Crippen molar-refractivity contribution in [2.75, 3.05) is 6.54 Å². The van der Waals surface area contributed by atoms with Crippen molar-refractivity contribution in [3.63, 3.8) is 0 Å². The second-order valence-electron chi connectivity index (χ2n) is 7.74. The molecular formula is C23H20Cl3F7N2O. The van der Waals surface area contributed by atoms with Crippen LogP contribution in [0.2, 0.25) is 15.1 Å². The van der Waals surface area contributed by atoms with Crippen molar-refractivity contribution in [3.05, 3.63) is 73.7 Å². The van der Waals surface area contributed by atoms with Crippen LogP contribution in [0.25, 0.3) is 5.83 Å². The van der Waals surface area contributed by atoms with E-state index in [9.17, 15) is 35.5 Å². The van der Waals surface area contributed by atoms with Gasteiger partial charge in [0.1, 0.15) is 11.7 Å². The van der Waals surface area contributed by atoms with Gasteiger partial charge in [0.05, 0.1) is 32.4 Å². The molecule has 0 fully saturated rings. The molecule has 1 unspecified atom stereocenters. The van der Waals surface area contributed by atoms with Gasteiger partial charge in [-0.15, -0.1) is 0 Å². The van der Waals surface area contributed by atoms with Crippen LogP contribution in [0.3, 0.4) is 0 Å². The second-order valence-corrected chi connectivity index (χ2v) is 8.93. The zero-order valence-electron chi connectivity index (χ0n) is 18.7. The third kappa shape index (κ3) is 7.74. The third-order valence-electron chi connectivity index (χ3n) is 4.92. The van der Waals surface area contributed by atoms with E-state index in [0.717, 1.165) is 18.2 Å². The van der Waals surface area contributed by atoms with Gasteiger partial charge in [0.15, 0.2) is 0 Å². The van der Waals surface area contributed by atoms with Crippen LogP contribution in [0, 0.1) is 0 Å². The highest BCUT2D eigenvalue weighted by Gasteiger charge is 2.41. The van der Waals surface area contributed by atoms with Gasteiger partial charge in [-0.05, 0) is 55.8 Å². The molecule has 0 saturated carbocycles. The van der Waals surface area contributed by atoms with Crippen molar-refractivity contribution < 1.29 is 35.5 Å². The number of hydrogen-bond donors (Lipinski definition) is 2. The normalized spacial score (nSPS) is 14.5. The Morgan fingerprint density at radius 3 is 2.11 bits per heavy atom. The van der Waals surface area contributed by atoms with Crippen LogP contribution < -0.4 is 10.6 Å².